The highest BCUT2D eigenvalue weighted by molar-refractivity contribution is 5.64. The van der Waals surface area contributed by atoms with Crippen LogP contribution in [0.2, 0.25) is 0 Å². The SMILES string of the molecule is CCOC(c1noc(-c2cc(O)ccc2O)n1)C(C)C. The molecule has 0 saturated heterocycles. The van der Waals surface area contributed by atoms with Gasteiger partial charge in [-0.2, -0.15) is 4.98 Å². The van der Waals surface area contributed by atoms with Crippen molar-refractivity contribution in [3.05, 3.63) is 24.0 Å². The van der Waals surface area contributed by atoms with Crippen molar-refractivity contribution in [2.75, 3.05) is 6.61 Å². The van der Waals surface area contributed by atoms with E-state index in [0.29, 0.717) is 18.0 Å². The largest absolute Gasteiger partial charge is 0.508 e. The smallest absolute Gasteiger partial charge is 0.261 e. The Morgan fingerprint density at radius 1 is 1.30 bits per heavy atom. The van der Waals surface area contributed by atoms with Gasteiger partial charge in [-0.3, -0.25) is 0 Å². The second kappa shape index (κ2) is 5.92. The Labute approximate surface area is 117 Å². The van der Waals surface area contributed by atoms with E-state index in [9.17, 15) is 10.2 Å². The molecule has 1 atom stereocenters. The van der Waals surface area contributed by atoms with Gasteiger partial charge in [0.15, 0.2) is 0 Å². The molecule has 0 fully saturated rings. The molecule has 2 N–H and O–H groups in total. The summed E-state index contributed by atoms with van der Waals surface area (Å²) in [5.41, 5.74) is 0.294. The molecule has 1 unspecified atom stereocenters. The van der Waals surface area contributed by atoms with Crippen molar-refractivity contribution in [3.63, 3.8) is 0 Å². The van der Waals surface area contributed by atoms with Gasteiger partial charge in [0.05, 0.1) is 5.56 Å². The lowest BCUT2D eigenvalue weighted by molar-refractivity contribution is 0.0217. The quantitative estimate of drug-likeness (QED) is 0.817. The van der Waals surface area contributed by atoms with Gasteiger partial charge in [0, 0.05) is 6.61 Å². The molecule has 1 aromatic heterocycles. The van der Waals surface area contributed by atoms with E-state index in [-0.39, 0.29) is 29.4 Å². The fraction of sp³-hybridized carbons (Fsp3) is 0.429. The van der Waals surface area contributed by atoms with Crippen LogP contribution in [0.25, 0.3) is 11.5 Å². The first-order valence-corrected chi connectivity index (χ1v) is 6.50. The summed E-state index contributed by atoms with van der Waals surface area (Å²) in [6, 6.07) is 4.13. The molecule has 0 radical (unpaired) electrons. The molecule has 108 valence electrons. The number of aromatic hydroxyl groups is 2. The predicted octanol–water partition coefficient (Wildman–Crippen LogP) is 2.88. The third-order valence-electron chi connectivity index (χ3n) is 2.86. The second-order valence-electron chi connectivity index (χ2n) is 4.78. The first-order valence-electron chi connectivity index (χ1n) is 6.50. The average Bonchev–Trinajstić information content (AvgIpc) is 2.87. The molecule has 6 heteroatoms. The zero-order valence-corrected chi connectivity index (χ0v) is 11.7. The predicted molar refractivity (Wildman–Crippen MR) is 72.3 cm³/mol. The molecule has 0 aliphatic rings. The van der Waals surface area contributed by atoms with Gasteiger partial charge < -0.3 is 19.5 Å². The molecule has 2 rings (SSSR count). The van der Waals surface area contributed by atoms with Gasteiger partial charge in [0.1, 0.15) is 17.6 Å². The minimum atomic E-state index is -0.267. The third-order valence-corrected chi connectivity index (χ3v) is 2.86. The molecule has 1 aromatic carbocycles. The number of ether oxygens (including phenoxy) is 1. The third kappa shape index (κ3) is 2.91. The number of hydrogen-bond acceptors (Lipinski definition) is 6. The number of benzene rings is 1. The van der Waals surface area contributed by atoms with Crippen LogP contribution in [0.15, 0.2) is 22.7 Å². The number of phenolic OH excluding ortho intramolecular Hbond substituents is 2. The first-order chi connectivity index (χ1) is 9.52. The maximum Gasteiger partial charge on any atom is 0.261 e. The summed E-state index contributed by atoms with van der Waals surface area (Å²) in [4.78, 5) is 4.25. The Morgan fingerprint density at radius 2 is 2.05 bits per heavy atom. The molecule has 0 spiro atoms. The Morgan fingerprint density at radius 3 is 2.70 bits per heavy atom. The zero-order chi connectivity index (χ0) is 14.7. The Hall–Kier alpha value is -2.08. The molecule has 1 heterocycles. The van der Waals surface area contributed by atoms with E-state index in [1.165, 1.54) is 18.2 Å². The number of nitrogens with zero attached hydrogens (tertiary/aromatic N) is 2. The maximum atomic E-state index is 9.78. The van der Waals surface area contributed by atoms with Gasteiger partial charge >= 0.3 is 0 Å². The van der Waals surface area contributed by atoms with Crippen LogP contribution >= 0.6 is 0 Å². The summed E-state index contributed by atoms with van der Waals surface area (Å²) in [5.74, 6) is 0.759. The van der Waals surface area contributed by atoms with E-state index in [4.69, 9.17) is 9.26 Å². The van der Waals surface area contributed by atoms with Crippen molar-refractivity contribution in [2.45, 2.75) is 26.9 Å². The van der Waals surface area contributed by atoms with Crippen molar-refractivity contribution in [1.82, 2.24) is 10.1 Å². The van der Waals surface area contributed by atoms with E-state index < -0.39 is 0 Å². The van der Waals surface area contributed by atoms with Crippen molar-refractivity contribution in [1.29, 1.82) is 0 Å². The molecule has 0 amide bonds. The highest BCUT2D eigenvalue weighted by Gasteiger charge is 2.23. The summed E-state index contributed by atoms with van der Waals surface area (Å²) < 4.78 is 10.7. The van der Waals surface area contributed by atoms with Crippen molar-refractivity contribution in [2.24, 2.45) is 5.92 Å². The van der Waals surface area contributed by atoms with Crippen LogP contribution in [0, 0.1) is 5.92 Å². The zero-order valence-electron chi connectivity index (χ0n) is 11.7. The highest BCUT2D eigenvalue weighted by atomic mass is 16.5. The second-order valence-corrected chi connectivity index (χ2v) is 4.78. The van der Waals surface area contributed by atoms with Crippen molar-refractivity contribution in [3.8, 4) is 23.0 Å². The van der Waals surface area contributed by atoms with Crippen LogP contribution in [0.5, 0.6) is 11.5 Å². The fourth-order valence-corrected chi connectivity index (χ4v) is 1.90. The molecule has 0 bridgehead atoms. The lowest BCUT2D eigenvalue weighted by atomic mass is 10.1. The molecule has 2 aromatic rings. The number of hydrogen-bond donors (Lipinski definition) is 2. The Kier molecular flexibility index (Phi) is 4.24. The fourth-order valence-electron chi connectivity index (χ4n) is 1.90. The summed E-state index contributed by atoms with van der Waals surface area (Å²) in [6.45, 7) is 6.45. The van der Waals surface area contributed by atoms with Gasteiger partial charge in [-0.1, -0.05) is 19.0 Å². The monoisotopic (exact) mass is 278 g/mol. The standard InChI is InChI=1S/C14H18N2O4/c1-4-19-12(8(2)3)13-15-14(20-16-13)10-7-9(17)5-6-11(10)18/h5-8,12,17-18H,4H2,1-3H3. The van der Waals surface area contributed by atoms with E-state index in [2.05, 4.69) is 10.1 Å². The molecule has 20 heavy (non-hydrogen) atoms. The summed E-state index contributed by atoms with van der Waals surface area (Å²) in [6.07, 6.45) is -0.267. The van der Waals surface area contributed by atoms with Gasteiger partial charge in [-0.05, 0) is 31.0 Å². The molecule has 0 aliphatic carbocycles. The minimum Gasteiger partial charge on any atom is -0.508 e. The molecule has 0 aliphatic heterocycles. The minimum absolute atomic E-state index is 0.0165. The molecular weight excluding hydrogens is 260 g/mol. The Balaban J connectivity index is 2.34. The van der Waals surface area contributed by atoms with Gasteiger partial charge in [-0.15, -0.1) is 0 Å². The van der Waals surface area contributed by atoms with Crippen LogP contribution in [0.3, 0.4) is 0 Å². The van der Waals surface area contributed by atoms with Gasteiger partial charge in [0.2, 0.25) is 5.82 Å². The van der Waals surface area contributed by atoms with Crippen LogP contribution in [-0.4, -0.2) is 27.0 Å². The topological polar surface area (TPSA) is 88.6 Å². The number of phenols is 2. The lowest BCUT2D eigenvalue weighted by Crippen LogP contribution is -2.12. The van der Waals surface area contributed by atoms with Crippen LogP contribution in [0.4, 0.5) is 0 Å². The molecule has 0 saturated carbocycles. The summed E-state index contributed by atoms with van der Waals surface area (Å²) in [5, 5.41) is 23.1. The Bertz CT molecular complexity index is 580. The molecule has 6 nitrogen and oxygen atoms in total. The first kappa shape index (κ1) is 14.3. The van der Waals surface area contributed by atoms with Gasteiger partial charge in [0.25, 0.3) is 5.89 Å². The van der Waals surface area contributed by atoms with Crippen molar-refractivity contribution >= 4 is 0 Å². The average molecular weight is 278 g/mol. The van der Waals surface area contributed by atoms with Crippen LogP contribution in [0.1, 0.15) is 32.7 Å². The van der Waals surface area contributed by atoms with E-state index >= 15 is 0 Å². The van der Waals surface area contributed by atoms with E-state index in [1.54, 1.807) is 0 Å². The van der Waals surface area contributed by atoms with Gasteiger partial charge in [-0.25, -0.2) is 0 Å². The van der Waals surface area contributed by atoms with E-state index in [1.807, 2.05) is 20.8 Å². The highest BCUT2D eigenvalue weighted by Crippen LogP contribution is 2.32. The number of aromatic nitrogens is 2. The summed E-state index contributed by atoms with van der Waals surface area (Å²) in [7, 11) is 0. The van der Waals surface area contributed by atoms with Crippen LogP contribution < -0.4 is 0 Å². The molecular formula is C14H18N2O4. The van der Waals surface area contributed by atoms with Crippen LogP contribution in [-0.2, 0) is 4.74 Å². The maximum absolute atomic E-state index is 9.78. The van der Waals surface area contributed by atoms with E-state index in [0.717, 1.165) is 0 Å². The summed E-state index contributed by atoms with van der Waals surface area (Å²) >= 11 is 0. The normalized spacial score (nSPS) is 12.8. The number of rotatable bonds is 5. The lowest BCUT2D eigenvalue weighted by Gasteiger charge is -2.16. The van der Waals surface area contributed by atoms with Crippen molar-refractivity contribution < 1.29 is 19.5 Å².